The second-order valence-corrected chi connectivity index (χ2v) is 4.80. The van der Waals surface area contributed by atoms with Crippen LogP contribution in [0.5, 0.6) is 17.2 Å². The van der Waals surface area contributed by atoms with Crippen LogP contribution in [0.3, 0.4) is 0 Å². The molecule has 4 nitrogen and oxygen atoms in total. The molecule has 3 rings (SSSR count). The summed E-state index contributed by atoms with van der Waals surface area (Å²) in [7, 11) is 1.42. The Labute approximate surface area is 121 Å². The average Bonchev–Trinajstić information content (AvgIpc) is 2.94. The molecule has 1 N–H and O–H groups in total. The second kappa shape index (κ2) is 5.61. The van der Waals surface area contributed by atoms with E-state index in [4.69, 9.17) is 14.2 Å². The van der Waals surface area contributed by atoms with Crippen molar-refractivity contribution in [1.82, 2.24) is 0 Å². The molecule has 0 bridgehead atoms. The maximum atomic E-state index is 13.6. The van der Waals surface area contributed by atoms with Crippen molar-refractivity contribution >= 4 is 0 Å². The van der Waals surface area contributed by atoms with Gasteiger partial charge in [0.1, 0.15) is 0 Å². The molecule has 0 radical (unpaired) electrons. The molecule has 2 aromatic carbocycles. The first-order chi connectivity index (χ1) is 10.2. The van der Waals surface area contributed by atoms with Crippen molar-refractivity contribution < 1.29 is 23.7 Å². The van der Waals surface area contributed by atoms with Gasteiger partial charge in [-0.2, -0.15) is 0 Å². The van der Waals surface area contributed by atoms with Gasteiger partial charge in [-0.1, -0.05) is 12.1 Å². The van der Waals surface area contributed by atoms with E-state index in [1.807, 2.05) is 0 Å². The van der Waals surface area contributed by atoms with Gasteiger partial charge in [0.2, 0.25) is 6.79 Å². The zero-order chi connectivity index (χ0) is 14.8. The molecule has 0 spiro atoms. The number of hydrogen-bond acceptors (Lipinski definition) is 4. The number of ether oxygens (including phenoxy) is 3. The number of aliphatic hydroxyl groups excluding tert-OH is 1. The molecular formula is C16H15FO4. The van der Waals surface area contributed by atoms with E-state index in [0.29, 0.717) is 29.0 Å². The maximum absolute atomic E-state index is 13.6. The van der Waals surface area contributed by atoms with Gasteiger partial charge < -0.3 is 19.3 Å². The predicted molar refractivity (Wildman–Crippen MR) is 74.2 cm³/mol. The van der Waals surface area contributed by atoms with Crippen LogP contribution in [0, 0.1) is 5.82 Å². The van der Waals surface area contributed by atoms with Gasteiger partial charge in [-0.25, -0.2) is 4.39 Å². The molecule has 1 aliphatic heterocycles. The third-order valence-corrected chi connectivity index (χ3v) is 3.43. The molecule has 21 heavy (non-hydrogen) atoms. The number of hydrogen-bond donors (Lipinski definition) is 1. The lowest BCUT2D eigenvalue weighted by Gasteiger charge is -2.12. The van der Waals surface area contributed by atoms with Gasteiger partial charge in [0.25, 0.3) is 0 Å². The lowest BCUT2D eigenvalue weighted by Crippen LogP contribution is -2.02. The first-order valence-electron chi connectivity index (χ1n) is 6.57. The zero-order valence-electron chi connectivity index (χ0n) is 11.5. The highest BCUT2D eigenvalue weighted by Gasteiger charge is 2.17. The molecule has 1 heterocycles. The Morgan fingerprint density at radius 2 is 2.00 bits per heavy atom. The summed E-state index contributed by atoms with van der Waals surface area (Å²) < 4.78 is 29.0. The largest absolute Gasteiger partial charge is 0.494 e. The number of methoxy groups -OCH3 is 1. The number of aliphatic hydroxyl groups is 1. The summed E-state index contributed by atoms with van der Waals surface area (Å²) in [6.07, 6.45) is -0.437. The lowest BCUT2D eigenvalue weighted by molar-refractivity contribution is 0.171. The fraction of sp³-hybridized carbons (Fsp3) is 0.250. The Morgan fingerprint density at radius 1 is 1.19 bits per heavy atom. The van der Waals surface area contributed by atoms with Crippen LogP contribution in [-0.4, -0.2) is 19.0 Å². The highest BCUT2D eigenvalue weighted by molar-refractivity contribution is 5.45. The minimum atomic E-state index is -0.743. The van der Waals surface area contributed by atoms with Crippen molar-refractivity contribution in [3.8, 4) is 17.2 Å². The third kappa shape index (κ3) is 2.78. The van der Waals surface area contributed by atoms with E-state index in [9.17, 15) is 9.50 Å². The van der Waals surface area contributed by atoms with Crippen LogP contribution >= 0.6 is 0 Å². The monoisotopic (exact) mass is 290 g/mol. The second-order valence-electron chi connectivity index (χ2n) is 4.80. The number of halogens is 1. The molecule has 2 aromatic rings. The first-order valence-corrected chi connectivity index (χ1v) is 6.57. The normalized spacial score (nSPS) is 14.0. The SMILES string of the molecule is COc1ccc(CC(O)c2ccc3c(c2)OCO3)cc1F. The number of benzene rings is 2. The van der Waals surface area contributed by atoms with E-state index < -0.39 is 11.9 Å². The standard InChI is InChI=1S/C16H15FO4/c1-19-14-4-2-10(6-12(14)17)7-13(18)11-3-5-15-16(8-11)21-9-20-15/h2-6,8,13,18H,7,9H2,1H3. The molecule has 1 unspecified atom stereocenters. The quantitative estimate of drug-likeness (QED) is 0.940. The van der Waals surface area contributed by atoms with Gasteiger partial charge >= 0.3 is 0 Å². The van der Waals surface area contributed by atoms with Gasteiger partial charge in [0.05, 0.1) is 13.2 Å². The van der Waals surface area contributed by atoms with Gasteiger partial charge in [-0.05, 0) is 35.4 Å². The predicted octanol–water partition coefficient (Wildman–Crippen LogP) is 2.84. The van der Waals surface area contributed by atoms with Gasteiger partial charge in [-0.15, -0.1) is 0 Å². The zero-order valence-corrected chi connectivity index (χ0v) is 11.5. The van der Waals surface area contributed by atoms with Crippen molar-refractivity contribution in [3.63, 3.8) is 0 Å². The summed E-state index contributed by atoms with van der Waals surface area (Å²) in [5.41, 5.74) is 1.40. The highest BCUT2D eigenvalue weighted by Crippen LogP contribution is 2.35. The third-order valence-electron chi connectivity index (χ3n) is 3.43. The lowest BCUT2D eigenvalue weighted by atomic mass is 10.0. The molecule has 0 fully saturated rings. The summed E-state index contributed by atoms with van der Waals surface area (Å²) in [5.74, 6) is 1.04. The highest BCUT2D eigenvalue weighted by atomic mass is 19.1. The molecule has 5 heteroatoms. The van der Waals surface area contributed by atoms with E-state index >= 15 is 0 Å². The molecule has 1 aliphatic rings. The van der Waals surface area contributed by atoms with Crippen molar-refractivity contribution in [2.24, 2.45) is 0 Å². The fourth-order valence-electron chi connectivity index (χ4n) is 2.30. The Balaban J connectivity index is 1.76. The van der Waals surface area contributed by atoms with E-state index in [1.165, 1.54) is 13.2 Å². The summed E-state index contributed by atoms with van der Waals surface area (Å²) >= 11 is 0. The molecular weight excluding hydrogens is 275 g/mol. The summed E-state index contributed by atoms with van der Waals surface area (Å²) in [4.78, 5) is 0. The van der Waals surface area contributed by atoms with Crippen LogP contribution in [0.15, 0.2) is 36.4 Å². The number of fused-ring (bicyclic) bond motifs is 1. The van der Waals surface area contributed by atoms with Crippen LogP contribution < -0.4 is 14.2 Å². The molecule has 110 valence electrons. The average molecular weight is 290 g/mol. The van der Waals surface area contributed by atoms with E-state index in [-0.39, 0.29) is 12.5 Å². The molecule has 0 aromatic heterocycles. The topological polar surface area (TPSA) is 47.9 Å². The van der Waals surface area contributed by atoms with Crippen molar-refractivity contribution in [2.75, 3.05) is 13.9 Å². The van der Waals surface area contributed by atoms with Crippen LogP contribution in [0.1, 0.15) is 17.2 Å². The van der Waals surface area contributed by atoms with Crippen molar-refractivity contribution in [3.05, 3.63) is 53.3 Å². The summed E-state index contributed by atoms with van der Waals surface area (Å²) in [6, 6.07) is 9.94. The van der Waals surface area contributed by atoms with Crippen LogP contribution in [-0.2, 0) is 6.42 Å². The molecule has 0 aliphatic carbocycles. The van der Waals surface area contributed by atoms with Gasteiger partial charge in [0, 0.05) is 6.42 Å². The Hall–Kier alpha value is -2.27. The van der Waals surface area contributed by atoms with Gasteiger partial charge in [0.15, 0.2) is 23.1 Å². The first kappa shape index (κ1) is 13.7. The minimum absolute atomic E-state index is 0.191. The fourth-order valence-corrected chi connectivity index (χ4v) is 2.30. The minimum Gasteiger partial charge on any atom is -0.494 e. The van der Waals surface area contributed by atoms with Gasteiger partial charge in [-0.3, -0.25) is 0 Å². The van der Waals surface area contributed by atoms with E-state index in [2.05, 4.69) is 0 Å². The summed E-state index contributed by atoms with van der Waals surface area (Å²) in [6.45, 7) is 0.193. The number of rotatable bonds is 4. The Morgan fingerprint density at radius 3 is 2.76 bits per heavy atom. The van der Waals surface area contributed by atoms with Crippen molar-refractivity contribution in [1.29, 1.82) is 0 Å². The van der Waals surface area contributed by atoms with E-state index in [1.54, 1.807) is 30.3 Å². The van der Waals surface area contributed by atoms with Crippen LogP contribution in [0.2, 0.25) is 0 Å². The van der Waals surface area contributed by atoms with Crippen LogP contribution in [0.25, 0.3) is 0 Å². The maximum Gasteiger partial charge on any atom is 0.231 e. The molecule has 0 amide bonds. The molecule has 0 saturated carbocycles. The molecule has 1 atom stereocenters. The Bertz CT molecular complexity index is 657. The van der Waals surface area contributed by atoms with Crippen molar-refractivity contribution in [2.45, 2.75) is 12.5 Å². The Kier molecular flexibility index (Phi) is 3.66. The van der Waals surface area contributed by atoms with E-state index in [0.717, 1.165) is 0 Å². The molecule has 0 saturated heterocycles. The summed E-state index contributed by atoms with van der Waals surface area (Å²) in [5, 5.41) is 10.3. The smallest absolute Gasteiger partial charge is 0.231 e. The van der Waals surface area contributed by atoms with Crippen LogP contribution in [0.4, 0.5) is 4.39 Å².